The van der Waals surface area contributed by atoms with E-state index in [9.17, 15) is 9.59 Å². The first-order valence-corrected chi connectivity index (χ1v) is 11.8. The van der Waals surface area contributed by atoms with E-state index in [1.807, 2.05) is 6.92 Å². The van der Waals surface area contributed by atoms with Gasteiger partial charge in [-0.05, 0) is 56.9 Å². The average Bonchev–Trinajstić information content (AvgIpc) is 3.09. The number of thiophene rings is 1. The molecule has 0 unspecified atom stereocenters. The second-order valence-electron chi connectivity index (χ2n) is 8.10. The smallest absolute Gasteiger partial charge is 0.243 e. The van der Waals surface area contributed by atoms with Gasteiger partial charge in [-0.2, -0.15) is 0 Å². The lowest BCUT2D eigenvalue weighted by molar-refractivity contribution is -0.127. The Morgan fingerprint density at radius 3 is 2.66 bits per heavy atom. The van der Waals surface area contributed by atoms with Crippen LogP contribution in [0.3, 0.4) is 0 Å². The fraction of sp³-hybridized carbons (Fsp3) is 0.391. The topological polar surface area (TPSA) is 87.2 Å². The first-order chi connectivity index (χ1) is 15.3. The lowest BCUT2D eigenvalue weighted by Gasteiger charge is -2.32. The normalized spacial score (nSPS) is 14.6. The summed E-state index contributed by atoms with van der Waals surface area (Å²) in [5, 5.41) is 7.29. The first-order valence-electron chi connectivity index (χ1n) is 10.6. The van der Waals surface area contributed by atoms with Crippen LogP contribution >= 0.6 is 22.9 Å². The third-order valence-corrected chi connectivity index (χ3v) is 7.60. The van der Waals surface area contributed by atoms with Gasteiger partial charge in [-0.1, -0.05) is 17.7 Å². The standard InChI is InChI=1S/C23H26ClN5O2S/c1-13-15(3)32-23-20(13)21(26-12-27-23)29-9-7-16(8-10-29)22(31)25-11-19(30)28-18-6-4-5-17(24)14(18)2/h4-6,12,16H,7-11H2,1-3H3,(H,25,31)(H,28,30). The monoisotopic (exact) mass is 471 g/mol. The van der Waals surface area contributed by atoms with Crippen LogP contribution in [0.2, 0.25) is 5.02 Å². The molecule has 1 aliphatic heterocycles. The number of aryl methyl sites for hydroxylation is 2. The number of nitrogens with one attached hydrogen (secondary N) is 2. The zero-order valence-electron chi connectivity index (χ0n) is 18.4. The van der Waals surface area contributed by atoms with Gasteiger partial charge in [0.15, 0.2) is 0 Å². The summed E-state index contributed by atoms with van der Waals surface area (Å²) in [6.45, 7) is 7.47. The minimum atomic E-state index is -0.271. The Morgan fingerprint density at radius 2 is 1.91 bits per heavy atom. The fourth-order valence-electron chi connectivity index (χ4n) is 4.01. The van der Waals surface area contributed by atoms with Crippen molar-refractivity contribution < 1.29 is 9.59 Å². The predicted octanol–water partition coefficient (Wildman–Crippen LogP) is 4.24. The number of fused-ring (bicyclic) bond motifs is 1. The number of rotatable bonds is 5. The molecule has 9 heteroatoms. The van der Waals surface area contributed by atoms with Crippen LogP contribution in [-0.2, 0) is 9.59 Å². The van der Waals surface area contributed by atoms with Crippen LogP contribution < -0.4 is 15.5 Å². The third kappa shape index (κ3) is 4.56. The highest BCUT2D eigenvalue weighted by molar-refractivity contribution is 7.18. The zero-order chi connectivity index (χ0) is 22.8. The molecular weight excluding hydrogens is 446 g/mol. The van der Waals surface area contributed by atoms with Crippen LogP contribution in [0.15, 0.2) is 24.5 Å². The molecule has 4 rings (SSSR count). The number of carbonyl (C=O) groups is 2. The van der Waals surface area contributed by atoms with E-state index in [1.54, 1.807) is 35.9 Å². The Hall–Kier alpha value is -2.71. The number of aromatic nitrogens is 2. The molecular formula is C23H26ClN5O2S. The van der Waals surface area contributed by atoms with E-state index in [1.165, 1.54) is 10.4 Å². The van der Waals surface area contributed by atoms with Crippen LogP contribution in [-0.4, -0.2) is 41.4 Å². The third-order valence-electron chi connectivity index (χ3n) is 6.08. The molecule has 1 fully saturated rings. The molecule has 0 atom stereocenters. The Kier molecular flexibility index (Phi) is 6.62. The Balaban J connectivity index is 1.31. The van der Waals surface area contributed by atoms with Gasteiger partial charge in [-0.25, -0.2) is 9.97 Å². The van der Waals surface area contributed by atoms with Crippen LogP contribution in [0.4, 0.5) is 11.5 Å². The van der Waals surface area contributed by atoms with Crippen molar-refractivity contribution in [1.29, 1.82) is 0 Å². The summed E-state index contributed by atoms with van der Waals surface area (Å²) in [5.41, 5.74) is 2.68. The molecule has 3 aromatic rings. The molecule has 32 heavy (non-hydrogen) atoms. The van der Waals surface area contributed by atoms with Crippen molar-refractivity contribution in [3.8, 4) is 0 Å². The van der Waals surface area contributed by atoms with Gasteiger partial charge in [0.25, 0.3) is 0 Å². The van der Waals surface area contributed by atoms with Crippen LogP contribution in [0.25, 0.3) is 10.2 Å². The van der Waals surface area contributed by atoms with Gasteiger partial charge in [-0.15, -0.1) is 11.3 Å². The summed E-state index contributed by atoms with van der Waals surface area (Å²) < 4.78 is 0. The van der Waals surface area contributed by atoms with E-state index in [0.717, 1.165) is 34.7 Å². The van der Waals surface area contributed by atoms with E-state index in [-0.39, 0.29) is 24.3 Å². The second kappa shape index (κ2) is 9.42. The van der Waals surface area contributed by atoms with Gasteiger partial charge in [0.2, 0.25) is 11.8 Å². The average molecular weight is 472 g/mol. The van der Waals surface area contributed by atoms with Gasteiger partial charge in [0.1, 0.15) is 17.0 Å². The van der Waals surface area contributed by atoms with Crippen molar-refractivity contribution >= 4 is 56.5 Å². The van der Waals surface area contributed by atoms with Crippen molar-refractivity contribution in [2.45, 2.75) is 33.6 Å². The van der Waals surface area contributed by atoms with Crippen molar-refractivity contribution in [2.24, 2.45) is 5.92 Å². The molecule has 0 bridgehead atoms. The largest absolute Gasteiger partial charge is 0.356 e. The highest BCUT2D eigenvalue weighted by Gasteiger charge is 2.27. The molecule has 2 amide bonds. The number of amides is 2. The van der Waals surface area contributed by atoms with Gasteiger partial charge in [0, 0.05) is 34.6 Å². The molecule has 0 saturated carbocycles. The maximum Gasteiger partial charge on any atom is 0.243 e. The number of piperidine rings is 1. The number of carbonyl (C=O) groups excluding carboxylic acids is 2. The summed E-state index contributed by atoms with van der Waals surface area (Å²) in [6.07, 6.45) is 3.05. The van der Waals surface area contributed by atoms with Gasteiger partial charge in [-0.3, -0.25) is 9.59 Å². The molecule has 0 radical (unpaired) electrons. The number of hydrogen-bond acceptors (Lipinski definition) is 6. The molecule has 7 nitrogen and oxygen atoms in total. The Bertz CT molecular complexity index is 1170. The predicted molar refractivity (Wildman–Crippen MR) is 130 cm³/mol. The Labute approximate surface area is 196 Å². The molecule has 0 aliphatic carbocycles. The van der Waals surface area contributed by atoms with E-state index >= 15 is 0 Å². The van der Waals surface area contributed by atoms with Crippen molar-refractivity contribution in [3.63, 3.8) is 0 Å². The van der Waals surface area contributed by atoms with Crippen LogP contribution in [0.5, 0.6) is 0 Å². The summed E-state index contributed by atoms with van der Waals surface area (Å²) in [4.78, 5) is 38.4. The minimum Gasteiger partial charge on any atom is -0.356 e. The zero-order valence-corrected chi connectivity index (χ0v) is 19.9. The second-order valence-corrected chi connectivity index (χ2v) is 9.71. The number of benzene rings is 1. The van der Waals surface area contributed by atoms with Crippen LogP contribution in [0, 0.1) is 26.7 Å². The molecule has 1 aliphatic rings. The van der Waals surface area contributed by atoms with E-state index in [2.05, 4.69) is 39.3 Å². The number of halogens is 1. The summed E-state index contributed by atoms with van der Waals surface area (Å²) in [5.74, 6) is 0.479. The molecule has 168 valence electrons. The number of anilines is 2. The van der Waals surface area contributed by atoms with Crippen molar-refractivity contribution in [3.05, 3.63) is 45.6 Å². The quantitative estimate of drug-likeness (QED) is 0.581. The number of hydrogen-bond donors (Lipinski definition) is 2. The maximum atomic E-state index is 12.6. The van der Waals surface area contributed by atoms with Gasteiger partial charge >= 0.3 is 0 Å². The molecule has 0 spiro atoms. The van der Waals surface area contributed by atoms with E-state index in [0.29, 0.717) is 23.6 Å². The lowest BCUT2D eigenvalue weighted by atomic mass is 9.95. The van der Waals surface area contributed by atoms with Crippen molar-refractivity contribution in [2.75, 3.05) is 29.9 Å². The minimum absolute atomic E-state index is 0.0646. The van der Waals surface area contributed by atoms with Crippen molar-refractivity contribution in [1.82, 2.24) is 15.3 Å². The molecule has 2 N–H and O–H groups in total. The summed E-state index contributed by atoms with van der Waals surface area (Å²) >= 11 is 7.78. The van der Waals surface area contributed by atoms with E-state index in [4.69, 9.17) is 11.6 Å². The molecule has 3 heterocycles. The fourth-order valence-corrected chi connectivity index (χ4v) is 5.17. The SMILES string of the molecule is Cc1sc2ncnc(N3CCC(C(=O)NCC(=O)Nc4cccc(Cl)c4C)CC3)c2c1C. The summed E-state index contributed by atoms with van der Waals surface area (Å²) in [6, 6.07) is 5.34. The summed E-state index contributed by atoms with van der Waals surface area (Å²) in [7, 11) is 0. The number of nitrogens with zero attached hydrogens (tertiary/aromatic N) is 3. The Morgan fingerprint density at radius 1 is 1.16 bits per heavy atom. The van der Waals surface area contributed by atoms with E-state index < -0.39 is 0 Å². The molecule has 1 aromatic carbocycles. The van der Waals surface area contributed by atoms with Crippen LogP contribution in [0.1, 0.15) is 28.8 Å². The molecule has 1 saturated heterocycles. The highest BCUT2D eigenvalue weighted by Crippen LogP contribution is 2.35. The first kappa shape index (κ1) is 22.5. The van der Waals surface area contributed by atoms with Gasteiger partial charge < -0.3 is 15.5 Å². The molecule has 2 aromatic heterocycles. The van der Waals surface area contributed by atoms with Gasteiger partial charge in [0.05, 0.1) is 11.9 Å². The lowest BCUT2D eigenvalue weighted by Crippen LogP contribution is -2.42. The highest BCUT2D eigenvalue weighted by atomic mass is 35.5. The maximum absolute atomic E-state index is 12.6.